The van der Waals surface area contributed by atoms with Crippen LogP contribution in [0.25, 0.3) is 0 Å². The number of hydrogen-bond acceptors (Lipinski definition) is 2. The highest BCUT2D eigenvalue weighted by atomic mass is 35.5. The Morgan fingerprint density at radius 2 is 1.72 bits per heavy atom. The highest BCUT2D eigenvalue weighted by Gasteiger charge is 2.18. The van der Waals surface area contributed by atoms with Crippen molar-refractivity contribution in [3.63, 3.8) is 0 Å². The first-order valence-corrected chi connectivity index (χ1v) is 7.01. The Morgan fingerprint density at radius 3 is 1.89 bits per heavy atom. The summed E-state index contributed by atoms with van der Waals surface area (Å²) >= 11 is 0.216. The minimum Gasteiger partial charge on any atom is -1.00 e. The van der Waals surface area contributed by atoms with Gasteiger partial charge in [-0.15, -0.1) is 12.4 Å². The number of halogens is 5. The average molecular weight is 319 g/mol. The molecule has 0 unspecified atom stereocenters. The smallest absolute Gasteiger partial charge is 0.124 e. The van der Waals surface area contributed by atoms with Crippen LogP contribution in [0, 0.1) is 5.92 Å². The number of hydrogen-bond donors (Lipinski definition) is 2. The fraction of sp³-hybridized carbons (Fsp3) is 1.00. The molecule has 1 heterocycles. The highest BCUT2D eigenvalue weighted by molar-refractivity contribution is 7.94. The Labute approximate surface area is 117 Å². The van der Waals surface area contributed by atoms with Gasteiger partial charge in [-0.2, -0.15) is 5.14 Å². The molecule has 0 aliphatic carbocycles. The lowest BCUT2D eigenvalue weighted by atomic mass is 9.99. The summed E-state index contributed by atoms with van der Waals surface area (Å²) in [5.74, 6) is 2.55. The van der Waals surface area contributed by atoms with Gasteiger partial charge >= 0.3 is 0 Å². The molecule has 1 aliphatic rings. The third-order valence-electron chi connectivity index (χ3n) is 2.47. The van der Waals surface area contributed by atoms with Crippen LogP contribution in [0.4, 0.5) is 13.8 Å². The molecule has 0 spiro atoms. The highest BCUT2D eigenvalue weighted by Crippen LogP contribution is 2.13. The zero-order valence-electron chi connectivity index (χ0n) is 11.2. The lowest BCUT2D eigenvalue weighted by molar-refractivity contribution is -0.00000603. The zero-order valence-corrected chi connectivity index (χ0v) is 12.8. The quantitative estimate of drug-likeness (QED) is 0.517. The zero-order chi connectivity index (χ0) is 11.0. The summed E-state index contributed by atoms with van der Waals surface area (Å²) in [6.45, 7) is 7.74. The van der Waals surface area contributed by atoms with Crippen molar-refractivity contribution in [1.82, 2.24) is 5.32 Å². The Bertz CT molecular complexity index is 135. The molecule has 2 nitrogen and oxygen atoms in total. The fourth-order valence-electron chi connectivity index (χ4n) is 1.16. The van der Waals surface area contributed by atoms with Gasteiger partial charge in [0.1, 0.15) is 17.7 Å². The van der Waals surface area contributed by atoms with Gasteiger partial charge in [0.15, 0.2) is 0 Å². The van der Waals surface area contributed by atoms with Gasteiger partial charge in [-0.3, -0.25) is 9.41 Å². The molecule has 0 aromatic carbocycles. The predicted molar refractivity (Wildman–Crippen MR) is 76.4 cm³/mol. The number of piperidine rings is 1. The molecule has 8 heteroatoms. The van der Waals surface area contributed by atoms with Gasteiger partial charge in [0.05, 0.1) is 11.1 Å². The number of nitrogens with one attached hydrogen (secondary N) is 1. The Balaban J connectivity index is -0.0000000527. The summed E-state index contributed by atoms with van der Waals surface area (Å²) in [6, 6.07) is 0. The van der Waals surface area contributed by atoms with E-state index < -0.39 is 6.17 Å². The van der Waals surface area contributed by atoms with Gasteiger partial charge in [-0.05, 0) is 32.7 Å². The first-order chi connectivity index (χ1) is 6.61. The van der Waals surface area contributed by atoms with Gasteiger partial charge in [0.25, 0.3) is 0 Å². The van der Waals surface area contributed by atoms with Crippen LogP contribution < -0.4 is 15.2 Å². The monoisotopic (exact) mass is 318 g/mol. The number of nitrogens with two attached hydrogens (primary N) is 1. The molecule has 0 bridgehead atoms. The molecule has 1 saturated heterocycles. The van der Waals surface area contributed by atoms with E-state index in [0.29, 0.717) is 6.54 Å². The van der Waals surface area contributed by atoms with E-state index in [1.54, 1.807) is 0 Å². The maximum absolute atomic E-state index is 12.5. The van der Waals surface area contributed by atoms with E-state index in [2.05, 4.69) is 19.2 Å². The molecular formula is C10H27ClF4N2S. The molecule has 0 radical (unpaired) electrons. The predicted octanol–water partition coefficient (Wildman–Crippen LogP) is -0.797. The molecule has 1 aliphatic heterocycles. The van der Waals surface area contributed by atoms with Crippen molar-refractivity contribution in [2.24, 2.45) is 11.1 Å². The topological polar surface area (TPSA) is 38.0 Å². The second-order valence-corrected chi connectivity index (χ2v) is 5.83. The molecule has 0 amide bonds. The summed E-state index contributed by atoms with van der Waals surface area (Å²) in [5, 5.41) is 8.49. The summed E-state index contributed by atoms with van der Waals surface area (Å²) in [7, 11) is 0. The molecule has 1 fully saturated rings. The second-order valence-electron chi connectivity index (χ2n) is 3.60. The standard InChI is InChI=1S/C6H12FN.C4H12NS.ClH.3FH/c1-5-2-3-8-4-6(5)7;1-3-6(5)4-2;;;;/h5-6,8H,2-4H2,1H3;3-5H2,1-2H3;4*1H/q;+1;;;;/p-1/t5-,6-;;;;;/m0...../s1. The van der Waals surface area contributed by atoms with E-state index in [4.69, 9.17) is 5.14 Å². The van der Waals surface area contributed by atoms with Crippen LogP contribution in [0.3, 0.4) is 0 Å². The number of rotatable bonds is 2. The lowest BCUT2D eigenvalue weighted by Gasteiger charge is -2.22. The SMILES string of the molecule is CC[S+](N)CC.C[C@H]1CCNC[C@@H]1F.Cl.F.F.[F-]. The Kier molecular flexibility index (Phi) is 33.7. The van der Waals surface area contributed by atoms with Crippen molar-refractivity contribution in [2.45, 2.75) is 33.4 Å². The second kappa shape index (κ2) is 19.6. The first-order valence-electron chi connectivity index (χ1n) is 5.38. The molecule has 0 aromatic rings. The summed E-state index contributed by atoms with van der Waals surface area (Å²) in [5.41, 5.74) is 0. The molecule has 0 aromatic heterocycles. The largest absolute Gasteiger partial charge is 1.00 e. The maximum atomic E-state index is 12.5. The van der Waals surface area contributed by atoms with Crippen LogP contribution in [-0.4, -0.2) is 30.8 Å². The van der Waals surface area contributed by atoms with Gasteiger partial charge in [0, 0.05) is 6.54 Å². The van der Waals surface area contributed by atoms with Gasteiger partial charge < -0.3 is 10.0 Å². The van der Waals surface area contributed by atoms with Crippen molar-refractivity contribution < 1.29 is 18.5 Å². The summed E-state index contributed by atoms with van der Waals surface area (Å²) in [4.78, 5) is 0. The van der Waals surface area contributed by atoms with Crippen LogP contribution in [0.1, 0.15) is 27.2 Å². The molecular weight excluding hydrogens is 292 g/mol. The van der Waals surface area contributed by atoms with Crippen molar-refractivity contribution in [3.8, 4) is 0 Å². The minimum atomic E-state index is -0.608. The molecule has 118 valence electrons. The first kappa shape index (κ1) is 31.0. The fourth-order valence-corrected chi connectivity index (χ4v) is 1.56. The van der Waals surface area contributed by atoms with Crippen molar-refractivity contribution in [3.05, 3.63) is 0 Å². The third kappa shape index (κ3) is 16.3. The van der Waals surface area contributed by atoms with E-state index in [1.165, 1.54) is 0 Å². The third-order valence-corrected chi connectivity index (χ3v) is 3.96. The van der Waals surface area contributed by atoms with Crippen molar-refractivity contribution in [2.75, 3.05) is 24.6 Å². The normalized spacial score (nSPS) is 21.0. The van der Waals surface area contributed by atoms with Crippen molar-refractivity contribution >= 4 is 23.5 Å². The summed E-state index contributed by atoms with van der Waals surface area (Å²) < 4.78 is 12.5. The molecule has 0 saturated carbocycles. The van der Waals surface area contributed by atoms with E-state index in [-0.39, 0.29) is 43.5 Å². The van der Waals surface area contributed by atoms with Crippen LogP contribution >= 0.6 is 12.4 Å². The molecule has 1 rings (SSSR count). The van der Waals surface area contributed by atoms with E-state index >= 15 is 0 Å². The molecule has 2 atom stereocenters. The van der Waals surface area contributed by atoms with Gasteiger partial charge in [-0.25, -0.2) is 4.39 Å². The van der Waals surface area contributed by atoms with E-state index in [1.807, 2.05) is 6.92 Å². The van der Waals surface area contributed by atoms with Crippen LogP contribution in [0.15, 0.2) is 0 Å². The van der Waals surface area contributed by atoms with Crippen LogP contribution in [0.2, 0.25) is 0 Å². The van der Waals surface area contributed by atoms with Crippen LogP contribution in [0.5, 0.6) is 0 Å². The Morgan fingerprint density at radius 1 is 1.28 bits per heavy atom. The lowest BCUT2D eigenvalue weighted by Crippen LogP contribution is -3.00. The van der Waals surface area contributed by atoms with E-state index in [9.17, 15) is 4.39 Å². The number of alkyl halides is 1. The van der Waals surface area contributed by atoms with Gasteiger partial charge in [0.2, 0.25) is 0 Å². The average Bonchev–Trinajstić information content (AvgIpc) is 2.22. The van der Waals surface area contributed by atoms with Crippen LogP contribution in [-0.2, 0) is 11.1 Å². The molecule has 3 N–H and O–H groups in total. The summed E-state index contributed by atoms with van der Waals surface area (Å²) in [6.07, 6.45) is 0.380. The maximum Gasteiger partial charge on any atom is 0.124 e. The minimum absolute atomic E-state index is 0. The molecule has 18 heavy (non-hydrogen) atoms. The van der Waals surface area contributed by atoms with Crippen molar-refractivity contribution in [1.29, 1.82) is 0 Å². The van der Waals surface area contributed by atoms with Gasteiger partial charge in [-0.1, -0.05) is 6.92 Å². The Hall–Kier alpha value is 0.280. The van der Waals surface area contributed by atoms with E-state index in [0.717, 1.165) is 24.5 Å².